The molecule has 0 saturated carbocycles. The third-order valence-electron chi connectivity index (χ3n) is 5.01. The van der Waals surface area contributed by atoms with Crippen molar-refractivity contribution in [1.29, 1.82) is 0 Å². The number of nitrogens with one attached hydrogen (secondary N) is 1. The van der Waals surface area contributed by atoms with E-state index in [1.54, 1.807) is 0 Å². The van der Waals surface area contributed by atoms with E-state index >= 15 is 0 Å². The molecule has 0 spiro atoms. The first kappa shape index (κ1) is 19.7. The van der Waals surface area contributed by atoms with Gasteiger partial charge in [-0.25, -0.2) is 0 Å². The van der Waals surface area contributed by atoms with Crippen molar-refractivity contribution in [2.24, 2.45) is 5.92 Å². The zero-order chi connectivity index (χ0) is 19.1. The van der Waals surface area contributed by atoms with Crippen LogP contribution < -0.4 is 10.1 Å². The van der Waals surface area contributed by atoms with Gasteiger partial charge >= 0.3 is 0 Å². The van der Waals surface area contributed by atoms with Crippen LogP contribution in [0.3, 0.4) is 0 Å². The number of carbonyl (C=O) groups is 1. The summed E-state index contributed by atoms with van der Waals surface area (Å²) in [6.45, 7) is 6.18. The molecule has 1 saturated heterocycles. The molecule has 3 rings (SSSR count). The van der Waals surface area contributed by atoms with E-state index in [1.165, 1.54) is 0 Å². The molecule has 1 aliphatic heterocycles. The summed E-state index contributed by atoms with van der Waals surface area (Å²) in [7, 11) is 0. The molecule has 1 fully saturated rings. The lowest BCUT2D eigenvalue weighted by atomic mass is 9.96. The van der Waals surface area contributed by atoms with Crippen LogP contribution in [-0.4, -0.2) is 37.0 Å². The Kier molecular flexibility index (Phi) is 7.13. The number of rotatable bonds is 7. The van der Waals surface area contributed by atoms with Crippen LogP contribution in [0, 0.1) is 5.92 Å². The highest BCUT2D eigenvalue weighted by Gasteiger charge is 2.25. The van der Waals surface area contributed by atoms with Crippen molar-refractivity contribution in [3.8, 4) is 5.75 Å². The molecule has 144 valence electrons. The number of hydrogen-bond acceptors (Lipinski definition) is 3. The molecular formula is C22H27ClN2O2. The minimum absolute atomic E-state index is 0.0589. The molecule has 0 unspecified atom stereocenters. The molecule has 27 heavy (non-hydrogen) atoms. The van der Waals surface area contributed by atoms with Crippen LogP contribution in [0.1, 0.15) is 35.7 Å². The van der Waals surface area contributed by atoms with Crippen molar-refractivity contribution in [2.45, 2.75) is 26.4 Å². The van der Waals surface area contributed by atoms with E-state index in [9.17, 15) is 4.79 Å². The number of para-hydroxylation sites is 1. The molecule has 1 N–H and O–H groups in total. The summed E-state index contributed by atoms with van der Waals surface area (Å²) in [6.07, 6.45) is 2.10. The third kappa shape index (κ3) is 5.47. The number of hydrogen-bond donors (Lipinski definition) is 1. The second-order valence-electron chi connectivity index (χ2n) is 6.95. The summed E-state index contributed by atoms with van der Waals surface area (Å²) in [5.74, 6) is 1.35. The van der Waals surface area contributed by atoms with Crippen LogP contribution in [0.15, 0.2) is 48.5 Å². The van der Waals surface area contributed by atoms with Gasteiger partial charge in [0.15, 0.2) is 0 Å². The van der Waals surface area contributed by atoms with Gasteiger partial charge < -0.3 is 15.0 Å². The first-order valence-electron chi connectivity index (χ1n) is 9.63. The van der Waals surface area contributed by atoms with Crippen molar-refractivity contribution in [3.63, 3.8) is 0 Å². The quantitative estimate of drug-likeness (QED) is 0.767. The number of halogens is 1. The van der Waals surface area contributed by atoms with Gasteiger partial charge in [-0.15, -0.1) is 0 Å². The smallest absolute Gasteiger partial charge is 0.257 e. The summed E-state index contributed by atoms with van der Waals surface area (Å²) >= 11 is 5.92. The van der Waals surface area contributed by atoms with E-state index < -0.39 is 0 Å². The first-order chi connectivity index (χ1) is 13.2. The summed E-state index contributed by atoms with van der Waals surface area (Å²) in [4.78, 5) is 15.0. The van der Waals surface area contributed by atoms with Crippen molar-refractivity contribution in [2.75, 3.05) is 26.2 Å². The Morgan fingerprint density at radius 2 is 1.85 bits per heavy atom. The van der Waals surface area contributed by atoms with Gasteiger partial charge in [0.05, 0.1) is 5.56 Å². The molecular weight excluding hydrogens is 360 g/mol. The molecule has 2 aromatic rings. The molecule has 0 radical (unpaired) electrons. The largest absolute Gasteiger partial charge is 0.488 e. The fourth-order valence-electron chi connectivity index (χ4n) is 3.37. The van der Waals surface area contributed by atoms with Gasteiger partial charge in [-0.3, -0.25) is 4.79 Å². The lowest BCUT2D eigenvalue weighted by molar-refractivity contribution is 0.0685. The number of amides is 1. The van der Waals surface area contributed by atoms with Crippen molar-refractivity contribution < 1.29 is 9.53 Å². The lowest BCUT2D eigenvalue weighted by Crippen LogP contribution is -2.40. The van der Waals surface area contributed by atoms with Crippen LogP contribution in [0.2, 0.25) is 5.02 Å². The fraction of sp³-hybridized carbons (Fsp3) is 0.409. The summed E-state index contributed by atoms with van der Waals surface area (Å²) < 4.78 is 5.95. The number of benzene rings is 2. The highest BCUT2D eigenvalue weighted by Crippen LogP contribution is 2.24. The number of carbonyl (C=O) groups excluding carboxylic acids is 1. The number of likely N-dealkylation sites (tertiary alicyclic amines) is 1. The van der Waals surface area contributed by atoms with Crippen LogP contribution in [0.4, 0.5) is 0 Å². The van der Waals surface area contributed by atoms with Gasteiger partial charge in [-0.05, 0) is 61.7 Å². The molecule has 0 atom stereocenters. The van der Waals surface area contributed by atoms with E-state index in [4.69, 9.17) is 16.3 Å². The van der Waals surface area contributed by atoms with Crippen molar-refractivity contribution >= 4 is 17.5 Å². The van der Waals surface area contributed by atoms with Crippen LogP contribution in [0.5, 0.6) is 5.75 Å². The second-order valence-corrected chi connectivity index (χ2v) is 7.39. The van der Waals surface area contributed by atoms with Gasteiger partial charge in [0.25, 0.3) is 5.91 Å². The highest BCUT2D eigenvalue weighted by atomic mass is 35.5. The van der Waals surface area contributed by atoms with E-state index in [2.05, 4.69) is 12.2 Å². The van der Waals surface area contributed by atoms with Crippen molar-refractivity contribution in [3.05, 3.63) is 64.7 Å². The van der Waals surface area contributed by atoms with Crippen LogP contribution >= 0.6 is 11.6 Å². The average Bonchev–Trinajstić information content (AvgIpc) is 2.72. The Morgan fingerprint density at radius 3 is 2.56 bits per heavy atom. The number of nitrogens with zero attached hydrogens (tertiary/aromatic N) is 1. The Bertz CT molecular complexity index is 740. The van der Waals surface area contributed by atoms with Crippen molar-refractivity contribution in [1.82, 2.24) is 10.2 Å². The maximum Gasteiger partial charge on any atom is 0.257 e. The zero-order valence-corrected chi connectivity index (χ0v) is 16.5. The van der Waals surface area contributed by atoms with Gasteiger partial charge in [-0.2, -0.15) is 0 Å². The van der Waals surface area contributed by atoms with E-state index in [-0.39, 0.29) is 5.91 Å². The van der Waals surface area contributed by atoms with E-state index in [0.29, 0.717) is 28.9 Å². The standard InChI is InChI=1S/C22H27ClN2O2/c1-2-24-15-17-11-13-25(14-12-17)22(26)20-5-3-4-6-21(20)27-16-18-7-9-19(23)10-8-18/h3-10,17,24H,2,11-16H2,1H3. The minimum Gasteiger partial charge on any atom is -0.488 e. The van der Waals surface area contributed by atoms with Gasteiger partial charge in [0.2, 0.25) is 0 Å². The number of ether oxygens (including phenoxy) is 1. The van der Waals surface area contributed by atoms with E-state index in [0.717, 1.165) is 44.6 Å². The maximum atomic E-state index is 13.0. The molecule has 1 aliphatic rings. The number of piperidine rings is 1. The minimum atomic E-state index is 0.0589. The molecule has 0 aliphatic carbocycles. The Balaban J connectivity index is 1.61. The average molecular weight is 387 g/mol. The third-order valence-corrected chi connectivity index (χ3v) is 5.26. The van der Waals surface area contributed by atoms with Crippen LogP contribution in [-0.2, 0) is 6.61 Å². The fourth-order valence-corrected chi connectivity index (χ4v) is 3.50. The topological polar surface area (TPSA) is 41.6 Å². The predicted molar refractivity (Wildman–Crippen MR) is 109 cm³/mol. The molecule has 1 amide bonds. The monoisotopic (exact) mass is 386 g/mol. The molecule has 0 aromatic heterocycles. The predicted octanol–water partition coefficient (Wildman–Crippen LogP) is 4.38. The van der Waals surface area contributed by atoms with Gasteiger partial charge in [0.1, 0.15) is 12.4 Å². The summed E-state index contributed by atoms with van der Waals surface area (Å²) in [6, 6.07) is 15.1. The Morgan fingerprint density at radius 1 is 1.15 bits per heavy atom. The molecule has 0 bridgehead atoms. The van der Waals surface area contributed by atoms with Gasteiger partial charge in [0, 0.05) is 18.1 Å². The zero-order valence-electron chi connectivity index (χ0n) is 15.8. The molecule has 5 heteroatoms. The molecule has 4 nitrogen and oxygen atoms in total. The summed E-state index contributed by atoms with van der Waals surface area (Å²) in [5.41, 5.74) is 1.66. The van der Waals surface area contributed by atoms with Gasteiger partial charge in [-0.1, -0.05) is 42.8 Å². The normalized spacial score (nSPS) is 15.0. The summed E-state index contributed by atoms with van der Waals surface area (Å²) in [5, 5.41) is 4.11. The molecule has 2 aromatic carbocycles. The second kappa shape index (κ2) is 9.77. The Hall–Kier alpha value is -2.04. The lowest BCUT2D eigenvalue weighted by Gasteiger charge is -2.32. The Labute approximate surface area is 166 Å². The highest BCUT2D eigenvalue weighted by molar-refractivity contribution is 6.30. The van der Waals surface area contributed by atoms with E-state index in [1.807, 2.05) is 53.4 Å². The molecule has 1 heterocycles. The van der Waals surface area contributed by atoms with Crippen LogP contribution in [0.25, 0.3) is 0 Å². The maximum absolute atomic E-state index is 13.0. The SMILES string of the molecule is CCNCC1CCN(C(=O)c2ccccc2OCc2ccc(Cl)cc2)CC1. The first-order valence-corrected chi connectivity index (χ1v) is 10.0.